The van der Waals surface area contributed by atoms with Crippen LogP contribution in [-0.4, -0.2) is 18.5 Å². The Labute approximate surface area is 127 Å². The van der Waals surface area contributed by atoms with E-state index in [-0.39, 0.29) is 11.9 Å². The summed E-state index contributed by atoms with van der Waals surface area (Å²) in [5, 5.41) is 15.2. The van der Waals surface area contributed by atoms with E-state index in [2.05, 4.69) is 39.6 Å². The summed E-state index contributed by atoms with van der Waals surface area (Å²) in [6.45, 7) is 3.04. The third-order valence-electron chi connectivity index (χ3n) is 3.77. The first-order valence-electron chi connectivity index (χ1n) is 6.88. The summed E-state index contributed by atoms with van der Waals surface area (Å²) in [5.74, 6) is 0.550. The van der Waals surface area contributed by atoms with E-state index in [1.165, 1.54) is 0 Å². The molecule has 20 heavy (non-hydrogen) atoms. The Hall–Kier alpha value is -1.38. The Morgan fingerprint density at radius 3 is 3.10 bits per heavy atom. The number of nitrogens with zero attached hydrogens (tertiary/aromatic N) is 1. The molecule has 2 unspecified atom stereocenters. The van der Waals surface area contributed by atoms with E-state index in [0.29, 0.717) is 17.2 Å². The fourth-order valence-electron chi connectivity index (χ4n) is 2.50. The number of nitriles is 1. The van der Waals surface area contributed by atoms with Gasteiger partial charge in [-0.3, -0.25) is 4.79 Å². The van der Waals surface area contributed by atoms with Gasteiger partial charge in [0.1, 0.15) is 6.07 Å². The van der Waals surface area contributed by atoms with Crippen molar-refractivity contribution in [3.8, 4) is 6.07 Å². The molecule has 4 nitrogen and oxygen atoms in total. The van der Waals surface area contributed by atoms with Crippen molar-refractivity contribution in [2.75, 3.05) is 11.9 Å². The second-order valence-electron chi connectivity index (χ2n) is 5.10. The fourth-order valence-corrected chi connectivity index (χ4v) is 2.87. The van der Waals surface area contributed by atoms with Gasteiger partial charge in [-0.05, 0) is 43.5 Å². The highest BCUT2D eigenvalue weighted by Crippen LogP contribution is 2.23. The zero-order chi connectivity index (χ0) is 14.5. The van der Waals surface area contributed by atoms with Gasteiger partial charge in [-0.15, -0.1) is 0 Å². The number of piperidine rings is 1. The molecule has 1 aromatic carbocycles. The summed E-state index contributed by atoms with van der Waals surface area (Å²) in [7, 11) is 0. The number of rotatable bonds is 3. The summed E-state index contributed by atoms with van der Waals surface area (Å²) in [6.07, 6.45) is 3.09. The van der Waals surface area contributed by atoms with Crippen molar-refractivity contribution in [3.05, 3.63) is 28.2 Å². The minimum Gasteiger partial charge on any atom is -0.324 e. The molecule has 2 atom stereocenters. The van der Waals surface area contributed by atoms with Gasteiger partial charge in [-0.25, -0.2) is 0 Å². The van der Waals surface area contributed by atoms with Gasteiger partial charge in [-0.2, -0.15) is 5.26 Å². The molecule has 2 N–H and O–H groups in total. The fraction of sp³-hybridized carbons (Fsp3) is 0.467. The SMILES string of the molecule is CCC1CCNC(C(=O)Nc2ccc(Br)cc2C#N)C1. The monoisotopic (exact) mass is 335 g/mol. The lowest BCUT2D eigenvalue weighted by Gasteiger charge is -2.28. The van der Waals surface area contributed by atoms with E-state index >= 15 is 0 Å². The van der Waals surface area contributed by atoms with Crippen molar-refractivity contribution >= 4 is 27.5 Å². The third-order valence-corrected chi connectivity index (χ3v) is 4.26. The lowest BCUT2D eigenvalue weighted by atomic mass is 9.90. The number of hydrogen-bond donors (Lipinski definition) is 2. The van der Waals surface area contributed by atoms with Gasteiger partial charge in [0.15, 0.2) is 0 Å². The zero-order valence-electron chi connectivity index (χ0n) is 11.4. The number of carbonyl (C=O) groups excluding carboxylic acids is 1. The molecule has 0 aliphatic carbocycles. The summed E-state index contributed by atoms with van der Waals surface area (Å²) in [6, 6.07) is 7.21. The quantitative estimate of drug-likeness (QED) is 0.892. The number of halogens is 1. The molecule has 0 saturated carbocycles. The molecule has 1 aliphatic heterocycles. The Morgan fingerprint density at radius 2 is 2.40 bits per heavy atom. The molecule has 0 radical (unpaired) electrons. The van der Waals surface area contributed by atoms with E-state index in [1.54, 1.807) is 12.1 Å². The van der Waals surface area contributed by atoms with E-state index in [9.17, 15) is 4.79 Å². The van der Waals surface area contributed by atoms with E-state index in [4.69, 9.17) is 5.26 Å². The van der Waals surface area contributed by atoms with Crippen LogP contribution in [0.15, 0.2) is 22.7 Å². The van der Waals surface area contributed by atoms with Crippen LogP contribution in [0.4, 0.5) is 5.69 Å². The second-order valence-corrected chi connectivity index (χ2v) is 6.01. The molecular weight excluding hydrogens is 318 g/mol. The molecule has 1 fully saturated rings. The normalized spacial score (nSPS) is 22.1. The van der Waals surface area contributed by atoms with Gasteiger partial charge < -0.3 is 10.6 Å². The van der Waals surface area contributed by atoms with E-state index < -0.39 is 0 Å². The van der Waals surface area contributed by atoms with Crippen molar-refractivity contribution in [1.29, 1.82) is 5.26 Å². The number of hydrogen-bond acceptors (Lipinski definition) is 3. The molecule has 1 aromatic rings. The zero-order valence-corrected chi connectivity index (χ0v) is 13.0. The van der Waals surface area contributed by atoms with Gasteiger partial charge >= 0.3 is 0 Å². The molecule has 1 amide bonds. The predicted molar refractivity (Wildman–Crippen MR) is 82.3 cm³/mol. The van der Waals surface area contributed by atoms with Crippen LogP contribution in [-0.2, 0) is 4.79 Å². The van der Waals surface area contributed by atoms with Crippen molar-refractivity contribution in [3.63, 3.8) is 0 Å². The molecule has 1 saturated heterocycles. The molecule has 0 bridgehead atoms. The average Bonchev–Trinajstić information content (AvgIpc) is 2.49. The molecule has 2 rings (SSSR count). The first-order chi connectivity index (χ1) is 9.63. The predicted octanol–water partition coefficient (Wildman–Crippen LogP) is 3.04. The van der Waals surface area contributed by atoms with Gasteiger partial charge in [0, 0.05) is 4.47 Å². The lowest BCUT2D eigenvalue weighted by Crippen LogP contribution is -2.46. The number of carbonyl (C=O) groups is 1. The lowest BCUT2D eigenvalue weighted by molar-refractivity contribution is -0.119. The molecule has 0 aromatic heterocycles. The largest absolute Gasteiger partial charge is 0.324 e. The topological polar surface area (TPSA) is 64.9 Å². The molecular formula is C15H18BrN3O. The number of amides is 1. The average molecular weight is 336 g/mol. The molecule has 0 spiro atoms. The maximum Gasteiger partial charge on any atom is 0.241 e. The minimum atomic E-state index is -0.163. The van der Waals surface area contributed by atoms with Crippen LogP contribution in [0.2, 0.25) is 0 Å². The van der Waals surface area contributed by atoms with Gasteiger partial charge in [0.2, 0.25) is 5.91 Å². The Morgan fingerprint density at radius 1 is 1.60 bits per heavy atom. The summed E-state index contributed by atoms with van der Waals surface area (Å²) < 4.78 is 0.828. The standard InChI is InChI=1S/C15H18BrN3O/c1-2-10-5-6-18-14(7-10)15(20)19-13-4-3-12(16)8-11(13)9-17/h3-4,8,10,14,18H,2,5-7H2,1H3,(H,19,20). The van der Waals surface area contributed by atoms with Crippen molar-refractivity contribution in [2.24, 2.45) is 5.92 Å². The minimum absolute atomic E-state index is 0.0537. The van der Waals surface area contributed by atoms with E-state index in [0.717, 1.165) is 30.3 Å². The van der Waals surface area contributed by atoms with Crippen LogP contribution in [0.5, 0.6) is 0 Å². The van der Waals surface area contributed by atoms with Crippen molar-refractivity contribution < 1.29 is 4.79 Å². The molecule has 1 heterocycles. The summed E-state index contributed by atoms with van der Waals surface area (Å²) in [4.78, 5) is 12.3. The number of nitrogens with one attached hydrogen (secondary N) is 2. The van der Waals surface area contributed by atoms with Crippen LogP contribution >= 0.6 is 15.9 Å². The van der Waals surface area contributed by atoms with Gasteiger partial charge in [0.05, 0.1) is 17.3 Å². The maximum absolute atomic E-state index is 12.3. The van der Waals surface area contributed by atoms with Crippen LogP contribution in [0.1, 0.15) is 31.7 Å². The molecule has 5 heteroatoms. The number of anilines is 1. The highest BCUT2D eigenvalue weighted by atomic mass is 79.9. The highest BCUT2D eigenvalue weighted by Gasteiger charge is 2.26. The second kappa shape index (κ2) is 6.87. The first-order valence-corrected chi connectivity index (χ1v) is 7.67. The van der Waals surface area contributed by atoms with Crippen molar-refractivity contribution in [2.45, 2.75) is 32.2 Å². The Kier molecular flexibility index (Phi) is 5.16. The van der Waals surface area contributed by atoms with Crippen LogP contribution in [0, 0.1) is 17.2 Å². The summed E-state index contributed by atoms with van der Waals surface area (Å²) >= 11 is 3.32. The first kappa shape index (κ1) is 15.0. The van der Waals surface area contributed by atoms with Crippen LogP contribution < -0.4 is 10.6 Å². The van der Waals surface area contributed by atoms with Crippen LogP contribution in [0.3, 0.4) is 0 Å². The highest BCUT2D eigenvalue weighted by molar-refractivity contribution is 9.10. The van der Waals surface area contributed by atoms with Crippen LogP contribution in [0.25, 0.3) is 0 Å². The van der Waals surface area contributed by atoms with Crippen molar-refractivity contribution in [1.82, 2.24) is 5.32 Å². The number of benzene rings is 1. The Balaban J connectivity index is 2.06. The third kappa shape index (κ3) is 3.59. The molecule has 1 aliphatic rings. The van der Waals surface area contributed by atoms with Gasteiger partial charge in [0.25, 0.3) is 0 Å². The maximum atomic E-state index is 12.3. The Bertz CT molecular complexity index is 538. The van der Waals surface area contributed by atoms with E-state index in [1.807, 2.05) is 6.07 Å². The summed E-state index contributed by atoms with van der Waals surface area (Å²) in [5.41, 5.74) is 1.04. The smallest absolute Gasteiger partial charge is 0.241 e. The molecule has 106 valence electrons. The van der Waals surface area contributed by atoms with Gasteiger partial charge in [-0.1, -0.05) is 29.3 Å².